The molecule has 0 aliphatic carbocycles. The Morgan fingerprint density at radius 1 is 1.50 bits per heavy atom. The third-order valence-corrected chi connectivity index (χ3v) is 2.57. The van der Waals surface area contributed by atoms with Crippen molar-refractivity contribution in [1.29, 1.82) is 0 Å². The predicted molar refractivity (Wildman–Crippen MR) is 74.5 cm³/mol. The first-order valence-corrected chi connectivity index (χ1v) is 5.29. The van der Waals surface area contributed by atoms with Crippen molar-refractivity contribution in [2.24, 2.45) is 0 Å². The van der Waals surface area contributed by atoms with Crippen LogP contribution in [0.5, 0.6) is 0 Å². The predicted octanol–water partition coefficient (Wildman–Crippen LogP) is 0.895. The molecule has 0 bridgehead atoms. The van der Waals surface area contributed by atoms with Crippen LogP contribution >= 0.6 is 24.8 Å². The summed E-state index contributed by atoms with van der Waals surface area (Å²) in [5.41, 5.74) is 1.69. The summed E-state index contributed by atoms with van der Waals surface area (Å²) in [5, 5.41) is 15.0. The van der Waals surface area contributed by atoms with Crippen LogP contribution in [0.1, 0.15) is 12.0 Å². The van der Waals surface area contributed by atoms with E-state index in [0.29, 0.717) is 18.7 Å². The van der Waals surface area contributed by atoms with Crippen molar-refractivity contribution >= 4 is 36.4 Å². The average molecular weight is 294 g/mol. The van der Waals surface area contributed by atoms with Crippen molar-refractivity contribution in [2.45, 2.75) is 25.5 Å². The van der Waals surface area contributed by atoms with E-state index in [-0.39, 0.29) is 36.8 Å². The number of hydrogen-bond acceptors (Lipinski definition) is 4. The molecule has 1 aromatic rings. The summed E-state index contributed by atoms with van der Waals surface area (Å²) < 4.78 is 0. The number of hydrogen-bond donors (Lipinski definition) is 3. The lowest BCUT2D eigenvalue weighted by Gasteiger charge is -2.10. The molecule has 0 aromatic carbocycles. The number of halogens is 2. The van der Waals surface area contributed by atoms with Gasteiger partial charge in [0.25, 0.3) is 0 Å². The maximum atomic E-state index is 11.8. The number of anilines is 1. The first-order chi connectivity index (χ1) is 7.65. The molecule has 102 valence electrons. The number of aliphatic hydroxyl groups excluding tert-OH is 1. The van der Waals surface area contributed by atoms with Gasteiger partial charge >= 0.3 is 0 Å². The third-order valence-electron chi connectivity index (χ3n) is 2.57. The highest BCUT2D eigenvalue weighted by Crippen LogP contribution is 2.11. The molecule has 1 saturated heterocycles. The van der Waals surface area contributed by atoms with Crippen molar-refractivity contribution in [1.82, 2.24) is 10.3 Å². The Morgan fingerprint density at radius 2 is 2.22 bits per heavy atom. The Hall–Kier alpha value is -0.880. The fraction of sp³-hybridized carbons (Fsp3) is 0.455. The summed E-state index contributed by atoms with van der Waals surface area (Å²) >= 11 is 0. The van der Waals surface area contributed by atoms with Crippen LogP contribution in [0.3, 0.4) is 0 Å². The fourth-order valence-corrected chi connectivity index (χ4v) is 1.77. The summed E-state index contributed by atoms with van der Waals surface area (Å²) in [6.07, 6.45) is 3.38. The number of β-amino-alcohol motifs (C(OH)–C–C–N with tert-alkyl or cyclic N) is 1. The summed E-state index contributed by atoms with van der Waals surface area (Å²) in [7, 11) is 0. The first-order valence-electron chi connectivity index (χ1n) is 5.29. The molecule has 1 fully saturated rings. The van der Waals surface area contributed by atoms with Crippen molar-refractivity contribution in [2.75, 3.05) is 11.9 Å². The minimum absolute atomic E-state index is 0. The Labute approximate surface area is 118 Å². The van der Waals surface area contributed by atoms with Gasteiger partial charge in [0.05, 0.1) is 24.0 Å². The second kappa shape index (κ2) is 7.53. The van der Waals surface area contributed by atoms with E-state index in [1.807, 2.05) is 13.0 Å². The molecule has 1 amide bonds. The quantitative estimate of drug-likeness (QED) is 0.757. The number of nitrogens with zero attached hydrogens (tertiary/aromatic N) is 1. The largest absolute Gasteiger partial charge is 0.392 e. The molecule has 1 aliphatic heterocycles. The Morgan fingerprint density at radius 3 is 2.78 bits per heavy atom. The lowest BCUT2D eigenvalue weighted by molar-refractivity contribution is -0.117. The molecule has 2 rings (SSSR count). The van der Waals surface area contributed by atoms with Crippen LogP contribution < -0.4 is 10.6 Å². The molecular weight excluding hydrogens is 277 g/mol. The number of pyridine rings is 1. The van der Waals surface area contributed by atoms with Crippen LogP contribution in [0.2, 0.25) is 0 Å². The van der Waals surface area contributed by atoms with Gasteiger partial charge in [-0.3, -0.25) is 9.78 Å². The van der Waals surface area contributed by atoms with E-state index in [4.69, 9.17) is 0 Å². The topological polar surface area (TPSA) is 74.2 Å². The number of aliphatic hydroxyl groups is 1. The first kappa shape index (κ1) is 17.1. The molecule has 3 N–H and O–H groups in total. The molecule has 5 nitrogen and oxygen atoms in total. The second-order valence-corrected chi connectivity index (χ2v) is 4.09. The van der Waals surface area contributed by atoms with Gasteiger partial charge in [0.1, 0.15) is 0 Å². The van der Waals surface area contributed by atoms with Crippen LogP contribution in [-0.4, -0.2) is 34.7 Å². The fourth-order valence-electron chi connectivity index (χ4n) is 1.77. The third kappa shape index (κ3) is 4.42. The van der Waals surface area contributed by atoms with Crippen molar-refractivity contribution < 1.29 is 9.90 Å². The van der Waals surface area contributed by atoms with Crippen LogP contribution in [0, 0.1) is 6.92 Å². The average Bonchev–Trinajstić information content (AvgIpc) is 2.65. The number of aryl methyl sites for hydroxylation is 1. The number of carbonyl (C=O) groups is 1. The highest BCUT2D eigenvalue weighted by atomic mass is 35.5. The van der Waals surface area contributed by atoms with E-state index in [1.54, 1.807) is 12.4 Å². The molecule has 1 aliphatic rings. The van der Waals surface area contributed by atoms with E-state index < -0.39 is 6.10 Å². The lowest BCUT2D eigenvalue weighted by Crippen LogP contribution is -2.35. The Kier molecular flexibility index (Phi) is 7.16. The summed E-state index contributed by atoms with van der Waals surface area (Å²) in [5.74, 6) is -0.121. The van der Waals surface area contributed by atoms with Crippen LogP contribution in [0.25, 0.3) is 0 Å². The smallest absolute Gasteiger partial charge is 0.241 e. The minimum atomic E-state index is -0.425. The molecule has 1 aromatic heterocycles. The molecule has 0 radical (unpaired) electrons. The van der Waals surface area contributed by atoms with Crippen molar-refractivity contribution in [3.8, 4) is 0 Å². The van der Waals surface area contributed by atoms with Gasteiger partial charge in [0.15, 0.2) is 0 Å². The van der Waals surface area contributed by atoms with Gasteiger partial charge in [0, 0.05) is 12.7 Å². The Balaban J connectivity index is 0.00000144. The summed E-state index contributed by atoms with van der Waals surface area (Å²) in [6, 6.07) is 1.55. The maximum Gasteiger partial charge on any atom is 0.241 e. The molecule has 18 heavy (non-hydrogen) atoms. The highest BCUT2D eigenvalue weighted by Gasteiger charge is 2.27. The lowest BCUT2D eigenvalue weighted by atomic mass is 10.2. The zero-order valence-corrected chi connectivity index (χ0v) is 11.6. The molecule has 7 heteroatoms. The van der Waals surface area contributed by atoms with Gasteiger partial charge in [-0.1, -0.05) is 0 Å². The highest BCUT2D eigenvalue weighted by molar-refractivity contribution is 5.95. The number of rotatable bonds is 2. The molecule has 2 heterocycles. The Bertz CT molecular complexity index is 404. The summed E-state index contributed by atoms with van der Waals surface area (Å²) in [4.78, 5) is 15.8. The van der Waals surface area contributed by atoms with E-state index in [0.717, 1.165) is 5.56 Å². The summed E-state index contributed by atoms with van der Waals surface area (Å²) in [6.45, 7) is 2.39. The standard InChI is InChI=1S/C11H15N3O2.2ClH/c1-7-2-8(5-12-4-7)14-11(16)10-3-9(15)6-13-10;;/h2,4-5,9-10,13,15H,3,6H2,1H3,(H,14,16);2*1H. The molecular formula is C11H17Cl2N3O2. The number of amides is 1. The normalized spacial score (nSPS) is 21.7. The van der Waals surface area contributed by atoms with Gasteiger partial charge in [-0.05, 0) is 25.0 Å². The van der Waals surface area contributed by atoms with Gasteiger partial charge < -0.3 is 15.7 Å². The maximum absolute atomic E-state index is 11.8. The van der Waals surface area contributed by atoms with E-state index in [9.17, 15) is 9.90 Å². The van der Waals surface area contributed by atoms with Crippen LogP contribution in [0.4, 0.5) is 5.69 Å². The zero-order valence-electron chi connectivity index (χ0n) is 9.92. The van der Waals surface area contributed by atoms with Crippen molar-refractivity contribution in [3.05, 3.63) is 24.0 Å². The number of carbonyl (C=O) groups excluding carboxylic acids is 1. The molecule has 0 spiro atoms. The molecule has 2 unspecified atom stereocenters. The van der Waals surface area contributed by atoms with Crippen LogP contribution in [-0.2, 0) is 4.79 Å². The monoisotopic (exact) mass is 293 g/mol. The van der Waals surface area contributed by atoms with E-state index >= 15 is 0 Å². The van der Waals surface area contributed by atoms with Gasteiger partial charge in [-0.15, -0.1) is 24.8 Å². The van der Waals surface area contributed by atoms with Gasteiger partial charge in [-0.25, -0.2) is 0 Å². The van der Waals surface area contributed by atoms with Crippen molar-refractivity contribution in [3.63, 3.8) is 0 Å². The van der Waals surface area contributed by atoms with E-state index in [1.165, 1.54) is 0 Å². The molecule has 0 saturated carbocycles. The number of aromatic nitrogens is 1. The van der Waals surface area contributed by atoms with Gasteiger partial charge in [-0.2, -0.15) is 0 Å². The SMILES string of the molecule is Cc1cncc(NC(=O)C2CC(O)CN2)c1.Cl.Cl. The van der Waals surface area contributed by atoms with Gasteiger partial charge in [0.2, 0.25) is 5.91 Å². The van der Waals surface area contributed by atoms with Crippen LogP contribution in [0.15, 0.2) is 18.5 Å². The zero-order chi connectivity index (χ0) is 11.5. The minimum Gasteiger partial charge on any atom is -0.392 e. The molecule has 2 atom stereocenters. The second-order valence-electron chi connectivity index (χ2n) is 4.09. The number of nitrogens with one attached hydrogen (secondary N) is 2. The van der Waals surface area contributed by atoms with E-state index in [2.05, 4.69) is 15.6 Å².